The van der Waals surface area contributed by atoms with E-state index in [1.165, 1.54) is 6.42 Å². The molecule has 4 aliphatic heterocycles. The minimum atomic E-state index is -0.191. The van der Waals surface area contributed by atoms with Crippen molar-refractivity contribution < 1.29 is 14.4 Å². The number of carbonyl (C=O) groups excluding carboxylic acids is 3. The molecule has 10 nitrogen and oxygen atoms in total. The number of benzene rings is 1. The highest BCUT2D eigenvalue weighted by molar-refractivity contribution is 5.92. The molecule has 0 unspecified atom stereocenters. The van der Waals surface area contributed by atoms with E-state index in [9.17, 15) is 14.4 Å². The maximum Gasteiger partial charge on any atom is 0.322 e. The van der Waals surface area contributed by atoms with Crippen molar-refractivity contribution in [3.8, 4) is 0 Å². The number of amides is 5. The van der Waals surface area contributed by atoms with E-state index >= 15 is 0 Å². The Morgan fingerprint density at radius 1 is 0.892 bits per heavy atom. The number of nitrogens with one attached hydrogen (secondary N) is 2. The molecule has 4 aliphatic rings. The molecule has 202 valence electrons. The summed E-state index contributed by atoms with van der Waals surface area (Å²) in [6, 6.07) is 8.27. The lowest BCUT2D eigenvalue weighted by Crippen LogP contribution is -2.54. The summed E-state index contributed by atoms with van der Waals surface area (Å²) in [6.45, 7) is 7.84. The molecule has 10 heteroatoms. The lowest BCUT2D eigenvalue weighted by Gasteiger charge is -2.40. The van der Waals surface area contributed by atoms with Crippen LogP contribution in [0, 0.1) is 0 Å². The fourth-order valence-electron chi connectivity index (χ4n) is 6.18. The van der Waals surface area contributed by atoms with E-state index in [2.05, 4.69) is 27.5 Å². The Morgan fingerprint density at radius 3 is 2.38 bits per heavy atom. The number of rotatable bonds is 4. The molecule has 0 saturated carbocycles. The second-order valence-corrected chi connectivity index (χ2v) is 10.9. The normalized spacial score (nSPS) is 22.8. The van der Waals surface area contributed by atoms with Gasteiger partial charge in [-0.05, 0) is 63.9 Å². The fraction of sp³-hybridized carbons (Fsp3) is 0.667. The Hall–Kier alpha value is -2.85. The predicted molar refractivity (Wildman–Crippen MR) is 142 cm³/mol. The van der Waals surface area contributed by atoms with Crippen LogP contribution in [0.5, 0.6) is 0 Å². The number of carbonyl (C=O) groups is 3. The molecule has 3 fully saturated rings. The van der Waals surface area contributed by atoms with Crippen molar-refractivity contribution in [1.82, 2.24) is 29.8 Å². The van der Waals surface area contributed by atoms with Gasteiger partial charge in [-0.3, -0.25) is 9.69 Å². The van der Waals surface area contributed by atoms with Crippen LogP contribution in [0.15, 0.2) is 24.3 Å². The summed E-state index contributed by atoms with van der Waals surface area (Å²) in [6.07, 6.45) is 4.68. The molecule has 0 aliphatic carbocycles. The van der Waals surface area contributed by atoms with E-state index in [0.29, 0.717) is 25.7 Å². The molecule has 0 atom stereocenters. The number of likely N-dealkylation sites (N-methyl/N-ethyl adjacent to an activating group) is 1. The van der Waals surface area contributed by atoms with Crippen LogP contribution in [0.25, 0.3) is 0 Å². The van der Waals surface area contributed by atoms with E-state index in [4.69, 9.17) is 0 Å². The highest BCUT2D eigenvalue weighted by Gasteiger charge is 2.33. The van der Waals surface area contributed by atoms with Crippen LogP contribution < -0.4 is 10.6 Å². The Morgan fingerprint density at radius 2 is 1.59 bits per heavy atom. The largest absolute Gasteiger partial charge is 0.341 e. The Balaban J connectivity index is 1.02. The maximum atomic E-state index is 12.8. The lowest BCUT2D eigenvalue weighted by molar-refractivity contribution is -0.131. The second kappa shape index (κ2) is 11.7. The molecule has 37 heavy (non-hydrogen) atoms. The van der Waals surface area contributed by atoms with Gasteiger partial charge in [0, 0.05) is 63.6 Å². The van der Waals surface area contributed by atoms with Crippen molar-refractivity contribution in [1.29, 1.82) is 0 Å². The summed E-state index contributed by atoms with van der Waals surface area (Å²) < 4.78 is 0. The SMILES string of the molecule is CN1CCCN(C2CCN(C(=O)CNC(=O)N3CCC(N4Cc5ccccc5NC4=O)CC3)CC2)CC1. The summed E-state index contributed by atoms with van der Waals surface area (Å²) >= 11 is 0. The van der Waals surface area contributed by atoms with Crippen LogP contribution in [0.3, 0.4) is 0 Å². The fourth-order valence-corrected chi connectivity index (χ4v) is 6.18. The second-order valence-electron chi connectivity index (χ2n) is 10.9. The van der Waals surface area contributed by atoms with Crippen molar-refractivity contribution in [3.05, 3.63) is 29.8 Å². The van der Waals surface area contributed by atoms with Gasteiger partial charge in [0.25, 0.3) is 0 Å². The van der Waals surface area contributed by atoms with Crippen LogP contribution in [0.2, 0.25) is 0 Å². The van der Waals surface area contributed by atoms with Crippen molar-refractivity contribution in [2.24, 2.45) is 0 Å². The molecule has 5 rings (SSSR count). The highest BCUT2D eigenvalue weighted by Crippen LogP contribution is 2.27. The van der Waals surface area contributed by atoms with Gasteiger partial charge in [-0.2, -0.15) is 0 Å². The number of hydrogen-bond acceptors (Lipinski definition) is 5. The quantitative estimate of drug-likeness (QED) is 0.644. The van der Waals surface area contributed by atoms with Gasteiger partial charge < -0.3 is 30.2 Å². The molecular weight excluding hydrogens is 470 g/mol. The minimum Gasteiger partial charge on any atom is -0.341 e. The third-order valence-electron chi connectivity index (χ3n) is 8.53. The summed E-state index contributed by atoms with van der Waals surface area (Å²) in [5.74, 6) is 0.000869. The number of piperidine rings is 2. The third kappa shape index (κ3) is 6.18. The number of fused-ring (bicyclic) bond motifs is 1. The molecule has 0 spiro atoms. The first kappa shape index (κ1) is 25.8. The molecule has 0 radical (unpaired) electrons. The summed E-state index contributed by atoms with van der Waals surface area (Å²) in [5.41, 5.74) is 1.99. The monoisotopic (exact) mass is 511 g/mol. The first-order valence-corrected chi connectivity index (χ1v) is 13.9. The zero-order chi connectivity index (χ0) is 25.8. The van der Waals surface area contributed by atoms with E-state index in [1.54, 1.807) is 4.90 Å². The van der Waals surface area contributed by atoms with Crippen LogP contribution in [0.4, 0.5) is 15.3 Å². The van der Waals surface area contributed by atoms with Gasteiger partial charge in [-0.25, -0.2) is 9.59 Å². The number of anilines is 1. The van der Waals surface area contributed by atoms with Gasteiger partial charge in [-0.1, -0.05) is 18.2 Å². The third-order valence-corrected chi connectivity index (χ3v) is 8.53. The molecule has 1 aromatic carbocycles. The lowest BCUT2D eigenvalue weighted by atomic mass is 10.0. The topological polar surface area (TPSA) is 91.5 Å². The molecule has 0 aromatic heterocycles. The molecule has 4 heterocycles. The highest BCUT2D eigenvalue weighted by atomic mass is 16.2. The van der Waals surface area contributed by atoms with E-state index in [0.717, 1.165) is 76.2 Å². The van der Waals surface area contributed by atoms with Crippen molar-refractivity contribution in [2.45, 2.75) is 50.7 Å². The number of hydrogen-bond donors (Lipinski definition) is 2. The Labute approximate surface area is 219 Å². The van der Waals surface area contributed by atoms with Gasteiger partial charge in [0.15, 0.2) is 0 Å². The molecule has 5 amide bonds. The average Bonchev–Trinajstić information content (AvgIpc) is 3.15. The summed E-state index contributed by atoms with van der Waals surface area (Å²) in [4.78, 5) is 48.7. The van der Waals surface area contributed by atoms with Crippen molar-refractivity contribution in [3.63, 3.8) is 0 Å². The summed E-state index contributed by atoms with van der Waals surface area (Å²) in [7, 11) is 2.19. The average molecular weight is 512 g/mol. The maximum absolute atomic E-state index is 12.8. The van der Waals surface area contributed by atoms with Crippen LogP contribution >= 0.6 is 0 Å². The standard InChI is InChI=1S/C27H41N7O3/c1-30-11-4-12-31(18-17-30)22-7-13-32(14-8-22)25(35)19-28-26(36)33-15-9-23(10-16-33)34-20-21-5-2-3-6-24(21)29-27(34)37/h2-3,5-6,22-23H,4,7-20H2,1H3,(H,28,36)(H,29,37). The minimum absolute atomic E-state index is 0.000869. The molecule has 3 saturated heterocycles. The Kier molecular flexibility index (Phi) is 8.14. The molecule has 1 aromatic rings. The molecule has 0 bridgehead atoms. The van der Waals surface area contributed by atoms with Gasteiger partial charge in [0.1, 0.15) is 0 Å². The van der Waals surface area contributed by atoms with E-state index in [1.807, 2.05) is 34.1 Å². The first-order chi connectivity index (χ1) is 18.0. The van der Waals surface area contributed by atoms with Crippen molar-refractivity contribution >= 4 is 23.7 Å². The zero-order valence-electron chi connectivity index (χ0n) is 22.0. The van der Waals surface area contributed by atoms with Gasteiger partial charge >= 0.3 is 12.1 Å². The van der Waals surface area contributed by atoms with Crippen molar-refractivity contribution in [2.75, 3.05) is 71.3 Å². The zero-order valence-corrected chi connectivity index (χ0v) is 22.0. The Bertz CT molecular complexity index is 973. The number of likely N-dealkylation sites (tertiary alicyclic amines) is 2. The van der Waals surface area contributed by atoms with Crippen LogP contribution in [0.1, 0.15) is 37.7 Å². The number of para-hydroxylation sites is 1. The van der Waals surface area contributed by atoms with Crippen LogP contribution in [-0.4, -0.2) is 121 Å². The molecular formula is C27H41N7O3. The van der Waals surface area contributed by atoms with Gasteiger partial charge in [0.05, 0.1) is 6.54 Å². The molecule has 2 N–H and O–H groups in total. The number of urea groups is 2. The van der Waals surface area contributed by atoms with E-state index < -0.39 is 0 Å². The van der Waals surface area contributed by atoms with Gasteiger partial charge in [-0.15, -0.1) is 0 Å². The smallest absolute Gasteiger partial charge is 0.322 e. The number of nitrogens with zero attached hydrogens (tertiary/aromatic N) is 5. The van der Waals surface area contributed by atoms with E-state index in [-0.39, 0.29) is 30.6 Å². The predicted octanol–water partition coefficient (Wildman–Crippen LogP) is 1.84. The first-order valence-electron chi connectivity index (χ1n) is 13.9. The van der Waals surface area contributed by atoms with Crippen LogP contribution in [-0.2, 0) is 11.3 Å². The van der Waals surface area contributed by atoms with Gasteiger partial charge in [0.2, 0.25) is 5.91 Å². The summed E-state index contributed by atoms with van der Waals surface area (Å²) in [5, 5.41) is 5.82.